The van der Waals surface area contributed by atoms with E-state index in [1.807, 2.05) is 12.1 Å². The molecule has 1 aliphatic rings. The van der Waals surface area contributed by atoms with E-state index in [1.165, 1.54) is 17.0 Å². The first-order valence-corrected chi connectivity index (χ1v) is 11.2. The number of benzene rings is 2. The van der Waals surface area contributed by atoms with Crippen molar-refractivity contribution in [1.82, 2.24) is 9.80 Å². The number of thiophene rings is 1. The minimum Gasteiger partial charge on any atom is -0.484 e. The maximum Gasteiger partial charge on any atom is 0.260 e. The molecule has 0 spiro atoms. The Morgan fingerprint density at radius 1 is 1.00 bits per heavy atom. The number of carbonyl (C=O) groups excluding carboxylic acids is 2. The molecule has 4 rings (SSSR count). The van der Waals surface area contributed by atoms with E-state index in [4.69, 9.17) is 10.5 Å². The third-order valence-electron chi connectivity index (χ3n) is 5.36. The first-order chi connectivity index (χ1) is 15.5. The summed E-state index contributed by atoms with van der Waals surface area (Å²) in [6, 6.07) is 17.2. The average molecular weight is 454 g/mol. The zero-order chi connectivity index (χ0) is 22.5. The first kappa shape index (κ1) is 22.0. The van der Waals surface area contributed by atoms with Gasteiger partial charge >= 0.3 is 0 Å². The number of nitrogens with two attached hydrogens (primary N) is 1. The largest absolute Gasteiger partial charge is 0.484 e. The molecule has 1 aliphatic heterocycles. The smallest absolute Gasteiger partial charge is 0.260 e. The van der Waals surface area contributed by atoms with Crippen LogP contribution in [0.3, 0.4) is 0 Å². The van der Waals surface area contributed by atoms with Gasteiger partial charge in [0.1, 0.15) is 11.6 Å². The van der Waals surface area contributed by atoms with Crippen LogP contribution in [0, 0.1) is 5.82 Å². The van der Waals surface area contributed by atoms with Gasteiger partial charge in [0.25, 0.3) is 5.91 Å². The average Bonchev–Trinajstić information content (AvgIpc) is 3.27. The molecule has 166 valence electrons. The van der Waals surface area contributed by atoms with E-state index in [2.05, 4.69) is 11.0 Å². The van der Waals surface area contributed by atoms with E-state index in [9.17, 15) is 14.0 Å². The summed E-state index contributed by atoms with van der Waals surface area (Å²) in [5, 5.41) is 0. The molecule has 0 saturated carbocycles. The summed E-state index contributed by atoms with van der Waals surface area (Å²) in [5.74, 6) is -0.409. The summed E-state index contributed by atoms with van der Waals surface area (Å²) >= 11 is 1.66. The Hall–Kier alpha value is -3.23. The van der Waals surface area contributed by atoms with Gasteiger partial charge in [0.2, 0.25) is 5.91 Å². The van der Waals surface area contributed by atoms with Crippen molar-refractivity contribution in [1.29, 1.82) is 0 Å². The third kappa shape index (κ3) is 5.52. The molecule has 2 amide bonds. The van der Waals surface area contributed by atoms with Gasteiger partial charge in [-0.15, -0.1) is 11.3 Å². The van der Waals surface area contributed by atoms with Crippen LogP contribution in [-0.2, 0) is 11.3 Å². The van der Waals surface area contributed by atoms with Crippen LogP contribution in [0.4, 0.5) is 4.39 Å². The van der Waals surface area contributed by atoms with E-state index < -0.39 is 5.91 Å². The van der Waals surface area contributed by atoms with Crippen LogP contribution in [0.15, 0.2) is 60.7 Å². The number of amides is 2. The van der Waals surface area contributed by atoms with Crippen LogP contribution in [0.5, 0.6) is 5.75 Å². The third-order valence-corrected chi connectivity index (χ3v) is 6.48. The molecular formula is C24H24FN3O3S. The highest BCUT2D eigenvalue weighted by Gasteiger charge is 2.22. The topological polar surface area (TPSA) is 75.9 Å². The highest BCUT2D eigenvalue weighted by Crippen LogP contribution is 2.29. The lowest BCUT2D eigenvalue weighted by Gasteiger charge is -2.34. The number of nitrogens with zero attached hydrogens (tertiary/aromatic N) is 2. The number of halogens is 1. The Kier molecular flexibility index (Phi) is 6.82. The molecule has 0 atom stereocenters. The van der Waals surface area contributed by atoms with Crippen LogP contribution >= 0.6 is 11.3 Å². The molecule has 2 N–H and O–H groups in total. The molecule has 0 unspecified atom stereocenters. The van der Waals surface area contributed by atoms with Crippen molar-refractivity contribution in [3.8, 4) is 16.2 Å². The van der Waals surface area contributed by atoms with Crippen LogP contribution in [0.2, 0.25) is 0 Å². The van der Waals surface area contributed by atoms with E-state index in [0.29, 0.717) is 24.4 Å². The molecule has 0 bridgehead atoms. The Morgan fingerprint density at radius 2 is 1.78 bits per heavy atom. The molecule has 1 saturated heterocycles. The summed E-state index contributed by atoms with van der Waals surface area (Å²) in [5.41, 5.74) is 6.50. The molecular weight excluding hydrogens is 429 g/mol. The van der Waals surface area contributed by atoms with Gasteiger partial charge < -0.3 is 15.4 Å². The molecule has 1 fully saturated rings. The molecule has 2 heterocycles. The maximum atomic E-state index is 13.5. The minimum absolute atomic E-state index is 0.0792. The molecule has 0 radical (unpaired) electrons. The summed E-state index contributed by atoms with van der Waals surface area (Å²) in [4.78, 5) is 30.1. The second kappa shape index (κ2) is 9.93. The SMILES string of the molecule is NC(=O)c1cccc(OCC(=O)N2CCN(Cc3ccc(-c4cccc(F)c4)s3)CC2)c1. The quantitative estimate of drug-likeness (QED) is 0.595. The lowest BCUT2D eigenvalue weighted by Crippen LogP contribution is -2.49. The number of primary amides is 1. The predicted molar refractivity (Wildman–Crippen MR) is 122 cm³/mol. The van der Waals surface area contributed by atoms with Crippen LogP contribution < -0.4 is 10.5 Å². The number of hydrogen-bond acceptors (Lipinski definition) is 5. The van der Waals surface area contributed by atoms with E-state index in [-0.39, 0.29) is 18.3 Å². The second-order valence-electron chi connectivity index (χ2n) is 7.61. The Balaban J connectivity index is 1.25. The molecule has 32 heavy (non-hydrogen) atoms. The lowest BCUT2D eigenvalue weighted by molar-refractivity contribution is -0.135. The molecule has 0 aliphatic carbocycles. The van der Waals surface area contributed by atoms with Gasteiger partial charge in [0, 0.05) is 48.0 Å². The van der Waals surface area contributed by atoms with Crippen molar-refractivity contribution in [3.63, 3.8) is 0 Å². The highest BCUT2D eigenvalue weighted by molar-refractivity contribution is 7.15. The fourth-order valence-electron chi connectivity index (χ4n) is 3.61. The zero-order valence-corrected chi connectivity index (χ0v) is 18.3. The number of ether oxygens (including phenoxy) is 1. The van der Waals surface area contributed by atoms with Crippen molar-refractivity contribution in [3.05, 3.63) is 76.9 Å². The fourth-order valence-corrected chi connectivity index (χ4v) is 4.66. The van der Waals surface area contributed by atoms with Crippen molar-refractivity contribution >= 4 is 23.2 Å². The molecule has 8 heteroatoms. The van der Waals surface area contributed by atoms with Gasteiger partial charge in [-0.25, -0.2) is 4.39 Å². The fraction of sp³-hybridized carbons (Fsp3) is 0.250. The van der Waals surface area contributed by atoms with Crippen molar-refractivity contribution in [2.24, 2.45) is 5.73 Å². The maximum absolute atomic E-state index is 13.5. The van der Waals surface area contributed by atoms with Crippen molar-refractivity contribution in [2.75, 3.05) is 32.8 Å². The summed E-state index contributed by atoms with van der Waals surface area (Å²) in [6.07, 6.45) is 0. The van der Waals surface area contributed by atoms with Crippen LogP contribution in [-0.4, -0.2) is 54.4 Å². The summed E-state index contributed by atoms with van der Waals surface area (Å²) < 4.78 is 19.0. The van der Waals surface area contributed by atoms with Crippen LogP contribution in [0.1, 0.15) is 15.2 Å². The van der Waals surface area contributed by atoms with Gasteiger partial charge in [-0.2, -0.15) is 0 Å². The number of carbonyl (C=O) groups is 2. The minimum atomic E-state index is -0.535. The highest BCUT2D eigenvalue weighted by atomic mass is 32.1. The Bertz CT molecular complexity index is 1110. The number of hydrogen-bond donors (Lipinski definition) is 1. The van der Waals surface area contributed by atoms with E-state index in [1.54, 1.807) is 46.6 Å². The second-order valence-corrected chi connectivity index (χ2v) is 8.78. The molecule has 1 aromatic heterocycles. The lowest BCUT2D eigenvalue weighted by atomic mass is 10.2. The monoisotopic (exact) mass is 453 g/mol. The van der Waals surface area contributed by atoms with Gasteiger partial charge in [0.05, 0.1) is 0 Å². The predicted octanol–water partition coefficient (Wildman–Crippen LogP) is 3.38. The zero-order valence-electron chi connectivity index (χ0n) is 17.5. The first-order valence-electron chi connectivity index (χ1n) is 10.4. The molecule has 3 aromatic rings. The Labute approximate surface area is 190 Å². The van der Waals surface area contributed by atoms with Gasteiger partial charge in [-0.1, -0.05) is 18.2 Å². The van der Waals surface area contributed by atoms with Crippen molar-refractivity contribution < 1.29 is 18.7 Å². The van der Waals surface area contributed by atoms with Crippen LogP contribution in [0.25, 0.3) is 10.4 Å². The number of rotatable bonds is 7. The molecule has 2 aromatic carbocycles. The summed E-state index contributed by atoms with van der Waals surface area (Å²) in [7, 11) is 0. The standard InChI is InChI=1S/C24H24FN3O3S/c25-19-5-1-3-17(13-19)22-8-7-21(32-22)15-27-9-11-28(12-10-27)23(29)16-31-20-6-2-4-18(14-20)24(26)30/h1-8,13-14H,9-12,15-16H2,(H2,26,30). The Morgan fingerprint density at radius 3 is 2.53 bits per heavy atom. The summed E-state index contributed by atoms with van der Waals surface area (Å²) in [6.45, 7) is 3.53. The number of piperazine rings is 1. The normalized spacial score (nSPS) is 14.3. The van der Waals surface area contributed by atoms with Crippen molar-refractivity contribution in [2.45, 2.75) is 6.54 Å². The van der Waals surface area contributed by atoms with E-state index in [0.717, 1.165) is 30.1 Å². The van der Waals surface area contributed by atoms with Gasteiger partial charge in [-0.05, 0) is 48.0 Å². The van der Waals surface area contributed by atoms with Gasteiger partial charge in [0.15, 0.2) is 6.61 Å². The van der Waals surface area contributed by atoms with Gasteiger partial charge in [-0.3, -0.25) is 14.5 Å². The van der Waals surface area contributed by atoms with E-state index >= 15 is 0 Å². The molecule has 6 nitrogen and oxygen atoms in total.